The van der Waals surface area contributed by atoms with Gasteiger partial charge in [-0.3, -0.25) is 9.59 Å². The van der Waals surface area contributed by atoms with E-state index in [0.29, 0.717) is 25.9 Å². The number of carboxylic acid groups (broad SMARTS) is 1. The van der Waals surface area contributed by atoms with E-state index in [2.05, 4.69) is 29.6 Å². The standard InChI is InChI=1S/C26H30N2O5/c1-3-26(2,24(31)28-13-12-17(15-28)14-23(29)30)27-25(32)33-16-22-20-10-6-4-8-18(20)19-9-5-7-11-21(19)22/h4-11,17,22H,3,12-16H2,1-2H3,(H,27,32)(H,29,30). The van der Waals surface area contributed by atoms with Gasteiger partial charge in [-0.05, 0) is 47.9 Å². The number of nitrogens with zero attached hydrogens (tertiary/aromatic N) is 1. The molecule has 2 N–H and O–H groups in total. The normalized spacial score (nSPS) is 18.8. The molecule has 4 rings (SSSR count). The topological polar surface area (TPSA) is 95.9 Å². The van der Waals surface area contributed by atoms with Crippen molar-refractivity contribution in [1.82, 2.24) is 10.2 Å². The van der Waals surface area contributed by atoms with Crippen molar-refractivity contribution in [3.05, 3.63) is 59.7 Å². The molecule has 1 fully saturated rings. The summed E-state index contributed by atoms with van der Waals surface area (Å²) < 4.78 is 5.63. The van der Waals surface area contributed by atoms with Gasteiger partial charge >= 0.3 is 12.1 Å². The number of nitrogens with one attached hydrogen (secondary N) is 1. The number of likely N-dealkylation sites (tertiary alicyclic amines) is 1. The van der Waals surface area contributed by atoms with Crippen LogP contribution in [0.2, 0.25) is 0 Å². The van der Waals surface area contributed by atoms with E-state index in [1.54, 1.807) is 11.8 Å². The smallest absolute Gasteiger partial charge is 0.408 e. The van der Waals surface area contributed by atoms with Gasteiger partial charge in [0.1, 0.15) is 12.1 Å². The second-order valence-electron chi connectivity index (χ2n) is 9.14. The van der Waals surface area contributed by atoms with Gasteiger partial charge in [0.05, 0.1) is 0 Å². The van der Waals surface area contributed by atoms with Crippen LogP contribution in [-0.4, -0.2) is 53.2 Å². The van der Waals surface area contributed by atoms with Crippen LogP contribution in [0.25, 0.3) is 11.1 Å². The van der Waals surface area contributed by atoms with Crippen molar-refractivity contribution in [3.63, 3.8) is 0 Å². The van der Waals surface area contributed by atoms with Crippen molar-refractivity contribution >= 4 is 18.0 Å². The highest BCUT2D eigenvalue weighted by Crippen LogP contribution is 2.44. The number of amides is 2. The Balaban J connectivity index is 1.40. The van der Waals surface area contributed by atoms with Crippen molar-refractivity contribution in [1.29, 1.82) is 0 Å². The number of ether oxygens (including phenoxy) is 1. The van der Waals surface area contributed by atoms with Gasteiger partial charge in [-0.25, -0.2) is 4.79 Å². The van der Waals surface area contributed by atoms with Gasteiger partial charge in [0, 0.05) is 25.4 Å². The Bertz CT molecular complexity index is 1020. The molecule has 0 aromatic heterocycles. The number of fused-ring (bicyclic) bond motifs is 3. The molecule has 1 aliphatic heterocycles. The molecule has 7 nitrogen and oxygen atoms in total. The molecule has 1 heterocycles. The quantitative estimate of drug-likeness (QED) is 0.664. The second kappa shape index (κ2) is 9.25. The average molecular weight is 451 g/mol. The van der Waals surface area contributed by atoms with Crippen LogP contribution in [0.1, 0.15) is 50.2 Å². The monoisotopic (exact) mass is 450 g/mol. The Labute approximate surface area is 193 Å². The molecule has 2 aromatic rings. The van der Waals surface area contributed by atoms with Crippen LogP contribution in [0.3, 0.4) is 0 Å². The van der Waals surface area contributed by atoms with Crippen LogP contribution in [0.4, 0.5) is 4.79 Å². The van der Waals surface area contributed by atoms with Gasteiger partial charge < -0.3 is 20.1 Å². The minimum Gasteiger partial charge on any atom is -0.481 e. The lowest BCUT2D eigenvalue weighted by Crippen LogP contribution is -2.57. The highest BCUT2D eigenvalue weighted by Gasteiger charge is 2.40. The lowest BCUT2D eigenvalue weighted by Gasteiger charge is -2.32. The Hall–Kier alpha value is -3.35. The zero-order valence-electron chi connectivity index (χ0n) is 19.0. The molecule has 174 valence electrons. The highest BCUT2D eigenvalue weighted by atomic mass is 16.5. The fourth-order valence-electron chi connectivity index (χ4n) is 4.93. The molecule has 2 aliphatic rings. The zero-order chi connectivity index (χ0) is 23.6. The number of hydrogen-bond donors (Lipinski definition) is 2. The van der Waals surface area contributed by atoms with Crippen LogP contribution >= 0.6 is 0 Å². The molecule has 0 radical (unpaired) electrons. The summed E-state index contributed by atoms with van der Waals surface area (Å²) in [4.78, 5) is 38.5. The van der Waals surface area contributed by atoms with E-state index in [-0.39, 0.29) is 30.8 Å². The highest BCUT2D eigenvalue weighted by molar-refractivity contribution is 5.90. The molecular formula is C26H30N2O5. The molecular weight excluding hydrogens is 420 g/mol. The molecule has 0 saturated carbocycles. The minimum absolute atomic E-state index is 0.0480. The fraction of sp³-hybridized carbons (Fsp3) is 0.423. The molecule has 33 heavy (non-hydrogen) atoms. The predicted octanol–water partition coefficient (Wildman–Crippen LogP) is 4.02. The second-order valence-corrected chi connectivity index (χ2v) is 9.14. The first kappa shape index (κ1) is 22.8. The third kappa shape index (κ3) is 4.58. The molecule has 0 bridgehead atoms. The van der Waals surface area contributed by atoms with Gasteiger partial charge in [-0.1, -0.05) is 55.5 Å². The fourth-order valence-corrected chi connectivity index (χ4v) is 4.93. The third-order valence-corrected chi connectivity index (χ3v) is 6.94. The number of carboxylic acids is 1. The SMILES string of the molecule is CCC(C)(NC(=O)OCC1c2ccccc2-c2ccccc21)C(=O)N1CCC(CC(=O)O)C1. The lowest BCUT2D eigenvalue weighted by molar-refractivity contribution is -0.139. The van der Waals surface area contributed by atoms with Crippen LogP contribution in [0, 0.1) is 5.92 Å². The Kier molecular flexibility index (Phi) is 6.40. The number of hydrogen-bond acceptors (Lipinski definition) is 4. The Morgan fingerprint density at radius 1 is 1.09 bits per heavy atom. The minimum atomic E-state index is -1.11. The number of aliphatic carboxylic acids is 1. The van der Waals surface area contributed by atoms with Crippen molar-refractivity contribution in [3.8, 4) is 11.1 Å². The van der Waals surface area contributed by atoms with Gasteiger partial charge in [0.15, 0.2) is 0 Å². The van der Waals surface area contributed by atoms with Gasteiger partial charge in [-0.15, -0.1) is 0 Å². The Morgan fingerprint density at radius 3 is 2.27 bits per heavy atom. The molecule has 7 heteroatoms. The summed E-state index contributed by atoms with van der Waals surface area (Å²) >= 11 is 0. The van der Waals surface area contributed by atoms with Crippen LogP contribution in [0.5, 0.6) is 0 Å². The summed E-state index contributed by atoms with van der Waals surface area (Å²) in [5, 5.41) is 11.8. The molecule has 2 unspecified atom stereocenters. The number of carbonyl (C=O) groups is 3. The predicted molar refractivity (Wildman–Crippen MR) is 124 cm³/mol. The number of carbonyl (C=O) groups excluding carboxylic acids is 2. The van der Waals surface area contributed by atoms with E-state index in [1.807, 2.05) is 31.2 Å². The lowest BCUT2D eigenvalue weighted by atomic mass is 9.97. The number of benzene rings is 2. The summed E-state index contributed by atoms with van der Waals surface area (Å²) in [6, 6.07) is 16.2. The molecule has 2 amide bonds. The van der Waals surface area contributed by atoms with E-state index in [1.165, 1.54) is 0 Å². The van der Waals surface area contributed by atoms with Crippen LogP contribution < -0.4 is 5.32 Å². The number of rotatable bonds is 7. The van der Waals surface area contributed by atoms with Crippen LogP contribution in [-0.2, 0) is 14.3 Å². The van der Waals surface area contributed by atoms with Gasteiger partial charge in [-0.2, -0.15) is 0 Å². The van der Waals surface area contributed by atoms with E-state index in [4.69, 9.17) is 9.84 Å². The van der Waals surface area contributed by atoms with Crippen molar-refractivity contribution in [2.24, 2.45) is 5.92 Å². The van der Waals surface area contributed by atoms with E-state index in [0.717, 1.165) is 22.3 Å². The molecule has 2 atom stereocenters. The van der Waals surface area contributed by atoms with Gasteiger partial charge in [0.2, 0.25) is 5.91 Å². The molecule has 1 saturated heterocycles. The molecule has 0 spiro atoms. The van der Waals surface area contributed by atoms with Crippen molar-refractivity contribution < 1.29 is 24.2 Å². The summed E-state index contributed by atoms with van der Waals surface area (Å²) in [6.45, 7) is 4.61. The van der Waals surface area contributed by atoms with Gasteiger partial charge in [0.25, 0.3) is 0 Å². The first-order chi connectivity index (χ1) is 15.8. The summed E-state index contributed by atoms with van der Waals surface area (Å²) in [7, 11) is 0. The summed E-state index contributed by atoms with van der Waals surface area (Å²) in [6.07, 6.45) is 0.474. The van der Waals surface area contributed by atoms with Crippen molar-refractivity contribution in [2.75, 3.05) is 19.7 Å². The molecule has 1 aliphatic carbocycles. The number of alkyl carbamates (subject to hydrolysis) is 1. The first-order valence-corrected chi connectivity index (χ1v) is 11.5. The summed E-state index contributed by atoms with van der Waals surface area (Å²) in [5.74, 6) is -1.17. The maximum Gasteiger partial charge on any atom is 0.408 e. The summed E-state index contributed by atoms with van der Waals surface area (Å²) in [5.41, 5.74) is 3.45. The Morgan fingerprint density at radius 2 is 1.70 bits per heavy atom. The van der Waals surface area contributed by atoms with Crippen molar-refractivity contribution in [2.45, 2.75) is 44.6 Å². The van der Waals surface area contributed by atoms with Crippen LogP contribution in [0.15, 0.2) is 48.5 Å². The largest absolute Gasteiger partial charge is 0.481 e. The maximum absolute atomic E-state index is 13.2. The maximum atomic E-state index is 13.2. The van der Waals surface area contributed by atoms with E-state index in [9.17, 15) is 14.4 Å². The zero-order valence-corrected chi connectivity index (χ0v) is 19.0. The third-order valence-electron chi connectivity index (χ3n) is 6.94. The average Bonchev–Trinajstić information content (AvgIpc) is 3.39. The van der Waals surface area contributed by atoms with E-state index < -0.39 is 17.6 Å². The van der Waals surface area contributed by atoms with E-state index >= 15 is 0 Å². The first-order valence-electron chi connectivity index (χ1n) is 11.5. The molecule has 2 aromatic carbocycles.